The molecule has 0 unspecified atom stereocenters. The minimum absolute atomic E-state index is 0.0193. The molecule has 0 spiro atoms. The minimum atomic E-state index is -0.199. The zero-order valence-electron chi connectivity index (χ0n) is 13.9. The zero-order valence-corrected chi connectivity index (χ0v) is 13.9. The second kappa shape index (κ2) is 6.92. The number of carbonyl (C=O) groups is 1. The van der Waals surface area contributed by atoms with Crippen molar-refractivity contribution in [1.29, 1.82) is 0 Å². The first-order valence-corrected chi connectivity index (χ1v) is 8.32. The first-order chi connectivity index (χ1) is 12.7. The lowest BCUT2D eigenvalue weighted by atomic mass is 10.1. The standard InChI is InChI=1S/C16H18N8O2/c25-14-3-1-10(16-19-22-23-20-16)7-13(14)18-15(26)4-2-11-8-12-9-17-5-6-24(12)21-11/h1,3,7-8,17,25H,2,4-6,9H2,(H,18,26)(H,19,20,22,23). The number of aryl methyl sites for hydroxylation is 1. The molecule has 0 radical (unpaired) electrons. The summed E-state index contributed by atoms with van der Waals surface area (Å²) in [5.74, 6) is 0.168. The van der Waals surface area contributed by atoms with E-state index in [1.165, 1.54) is 6.07 Å². The van der Waals surface area contributed by atoms with Crippen molar-refractivity contribution in [2.75, 3.05) is 11.9 Å². The Bertz CT molecular complexity index is 895. The van der Waals surface area contributed by atoms with E-state index in [1.807, 2.05) is 10.7 Å². The van der Waals surface area contributed by atoms with Crippen molar-refractivity contribution in [1.82, 2.24) is 35.7 Å². The third-order valence-electron chi connectivity index (χ3n) is 4.20. The number of aromatic nitrogens is 6. The number of phenols is 1. The molecule has 1 aliphatic heterocycles. The van der Waals surface area contributed by atoms with Crippen LogP contribution in [0.4, 0.5) is 5.69 Å². The predicted molar refractivity (Wildman–Crippen MR) is 92.2 cm³/mol. The second-order valence-corrected chi connectivity index (χ2v) is 6.04. The largest absolute Gasteiger partial charge is 0.506 e. The molecule has 0 saturated carbocycles. The molecule has 0 bridgehead atoms. The van der Waals surface area contributed by atoms with E-state index in [4.69, 9.17) is 0 Å². The number of nitrogens with one attached hydrogen (secondary N) is 3. The second-order valence-electron chi connectivity index (χ2n) is 6.04. The number of fused-ring (bicyclic) bond motifs is 1. The van der Waals surface area contributed by atoms with E-state index in [0.717, 1.165) is 31.0 Å². The predicted octanol–water partition coefficient (Wildman–Crippen LogP) is 0.443. The molecular weight excluding hydrogens is 336 g/mol. The van der Waals surface area contributed by atoms with Gasteiger partial charge in [0.25, 0.3) is 0 Å². The number of phenolic OH excluding ortho intramolecular Hbond substituents is 1. The number of tetrazole rings is 1. The number of amides is 1. The summed E-state index contributed by atoms with van der Waals surface area (Å²) in [4.78, 5) is 12.3. The van der Waals surface area contributed by atoms with Gasteiger partial charge < -0.3 is 15.7 Å². The number of rotatable bonds is 5. The highest BCUT2D eigenvalue weighted by Gasteiger charge is 2.14. The van der Waals surface area contributed by atoms with E-state index in [1.54, 1.807) is 12.1 Å². The van der Waals surface area contributed by atoms with Crippen LogP contribution in [0.15, 0.2) is 24.3 Å². The summed E-state index contributed by atoms with van der Waals surface area (Å²) in [7, 11) is 0. The number of aromatic hydroxyl groups is 1. The Hall–Kier alpha value is -3.27. The molecule has 1 aromatic carbocycles. The Labute approximate surface area is 148 Å². The maximum absolute atomic E-state index is 12.3. The van der Waals surface area contributed by atoms with Crippen molar-refractivity contribution in [3.63, 3.8) is 0 Å². The highest BCUT2D eigenvalue weighted by molar-refractivity contribution is 5.93. The van der Waals surface area contributed by atoms with Crippen molar-refractivity contribution in [2.45, 2.75) is 25.9 Å². The number of hydrogen-bond acceptors (Lipinski definition) is 7. The van der Waals surface area contributed by atoms with Crippen molar-refractivity contribution in [3.8, 4) is 17.1 Å². The summed E-state index contributed by atoms with van der Waals surface area (Å²) in [5, 5.41) is 34.1. The Morgan fingerprint density at radius 3 is 3.08 bits per heavy atom. The fraction of sp³-hybridized carbons (Fsp3) is 0.312. The molecule has 26 heavy (non-hydrogen) atoms. The van der Waals surface area contributed by atoms with Gasteiger partial charge in [0.05, 0.1) is 23.6 Å². The van der Waals surface area contributed by atoms with Gasteiger partial charge in [0.1, 0.15) is 5.75 Å². The van der Waals surface area contributed by atoms with Crippen LogP contribution >= 0.6 is 0 Å². The monoisotopic (exact) mass is 354 g/mol. The number of aromatic amines is 1. The molecule has 0 fully saturated rings. The zero-order chi connectivity index (χ0) is 17.9. The van der Waals surface area contributed by atoms with Gasteiger partial charge in [-0.2, -0.15) is 10.3 Å². The van der Waals surface area contributed by atoms with Crippen LogP contribution in [0.25, 0.3) is 11.4 Å². The number of benzene rings is 1. The van der Waals surface area contributed by atoms with Crippen LogP contribution < -0.4 is 10.6 Å². The Morgan fingerprint density at radius 2 is 2.27 bits per heavy atom. The molecule has 0 atom stereocenters. The van der Waals surface area contributed by atoms with Gasteiger partial charge in [0.15, 0.2) is 0 Å². The highest BCUT2D eigenvalue weighted by atomic mass is 16.3. The quantitative estimate of drug-likeness (QED) is 0.489. The molecule has 2 aromatic heterocycles. The SMILES string of the molecule is O=C(CCc1cc2n(n1)CCNC2)Nc1cc(-c2nn[nH]n2)ccc1O. The summed E-state index contributed by atoms with van der Waals surface area (Å²) in [6.45, 7) is 2.55. The van der Waals surface area contributed by atoms with Crippen LogP contribution in [0.3, 0.4) is 0 Å². The Kier molecular flexibility index (Phi) is 4.32. The number of H-pyrrole nitrogens is 1. The van der Waals surface area contributed by atoms with Crippen molar-refractivity contribution in [2.24, 2.45) is 0 Å². The molecule has 3 heterocycles. The normalized spacial score (nSPS) is 13.4. The topological polar surface area (TPSA) is 134 Å². The maximum atomic E-state index is 12.3. The molecular formula is C16H18N8O2. The third kappa shape index (κ3) is 3.40. The molecule has 4 N–H and O–H groups in total. The highest BCUT2D eigenvalue weighted by Crippen LogP contribution is 2.28. The Morgan fingerprint density at radius 1 is 1.35 bits per heavy atom. The molecule has 1 aliphatic rings. The molecule has 10 heteroatoms. The number of carbonyl (C=O) groups excluding carboxylic acids is 1. The maximum Gasteiger partial charge on any atom is 0.224 e. The summed E-state index contributed by atoms with van der Waals surface area (Å²) in [6.07, 6.45) is 0.812. The summed E-state index contributed by atoms with van der Waals surface area (Å²) < 4.78 is 1.98. The lowest BCUT2D eigenvalue weighted by Crippen LogP contribution is -2.28. The molecule has 134 valence electrons. The van der Waals surface area contributed by atoms with Crippen LogP contribution in [0.2, 0.25) is 0 Å². The third-order valence-corrected chi connectivity index (χ3v) is 4.20. The van der Waals surface area contributed by atoms with Crippen LogP contribution in [-0.2, 0) is 24.3 Å². The number of hydrogen-bond donors (Lipinski definition) is 4. The average molecular weight is 354 g/mol. The lowest BCUT2D eigenvalue weighted by Gasteiger charge is -2.13. The molecule has 3 aromatic rings. The van der Waals surface area contributed by atoms with Gasteiger partial charge in [-0.25, -0.2) is 0 Å². The van der Waals surface area contributed by atoms with Gasteiger partial charge in [-0.3, -0.25) is 9.48 Å². The van der Waals surface area contributed by atoms with Crippen molar-refractivity contribution < 1.29 is 9.90 Å². The lowest BCUT2D eigenvalue weighted by molar-refractivity contribution is -0.116. The van der Waals surface area contributed by atoms with Gasteiger partial charge in [0, 0.05) is 31.5 Å². The van der Waals surface area contributed by atoms with Gasteiger partial charge in [0.2, 0.25) is 11.7 Å². The van der Waals surface area contributed by atoms with Gasteiger partial charge >= 0.3 is 0 Å². The van der Waals surface area contributed by atoms with Crippen molar-refractivity contribution >= 4 is 11.6 Å². The average Bonchev–Trinajstić information content (AvgIpc) is 3.31. The molecule has 4 rings (SSSR count). The fourth-order valence-electron chi connectivity index (χ4n) is 2.89. The molecule has 1 amide bonds. The first-order valence-electron chi connectivity index (χ1n) is 8.32. The molecule has 0 aliphatic carbocycles. The minimum Gasteiger partial charge on any atom is -0.506 e. The van der Waals surface area contributed by atoms with Gasteiger partial charge in [-0.1, -0.05) is 0 Å². The van der Waals surface area contributed by atoms with E-state index in [9.17, 15) is 9.90 Å². The van der Waals surface area contributed by atoms with E-state index >= 15 is 0 Å². The summed E-state index contributed by atoms with van der Waals surface area (Å²) in [6, 6.07) is 6.77. The summed E-state index contributed by atoms with van der Waals surface area (Å²) in [5.41, 5.74) is 2.98. The van der Waals surface area contributed by atoms with Crippen LogP contribution in [0.1, 0.15) is 17.8 Å². The number of anilines is 1. The van der Waals surface area contributed by atoms with Gasteiger partial charge in [-0.05, 0) is 29.5 Å². The van der Waals surface area contributed by atoms with E-state index in [-0.39, 0.29) is 18.1 Å². The van der Waals surface area contributed by atoms with Crippen LogP contribution in [0, 0.1) is 0 Å². The van der Waals surface area contributed by atoms with E-state index in [2.05, 4.69) is 36.4 Å². The van der Waals surface area contributed by atoms with Crippen LogP contribution in [-0.4, -0.2) is 48.0 Å². The number of nitrogens with zero attached hydrogens (tertiary/aromatic N) is 5. The van der Waals surface area contributed by atoms with Gasteiger partial charge in [-0.15, -0.1) is 10.2 Å². The first kappa shape index (κ1) is 16.2. The molecule has 0 saturated heterocycles. The van der Waals surface area contributed by atoms with E-state index in [0.29, 0.717) is 23.5 Å². The fourth-order valence-corrected chi connectivity index (χ4v) is 2.89. The Balaban J connectivity index is 1.40. The smallest absolute Gasteiger partial charge is 0.224 e. The molecule has 10 nitrogen and oxygen atoms in total. The summed E-state index contributed by atoms with van der Waals surface area (Å²) >= 11 is 0. The van der Waals surface area contributed by atoms with Crippen LogP contribution in [0.5, 0.6) is 5.75 Å². The van der Waals surface area contributed by atoms with E-state index < -0.39 is 0 Å². The van der Waals surface area contributed by atoms with Crippen molar-refractivity contribution in [3.05, 3.63) is 35.7 Å².